The van der Waals surface area contributed by atoms with Crippen molar-refractivity contribution in [2.75, 3.05) is 5.32 Å². The Morgan fingerprint density at radius 1 is 1.42 bits per heavy atom. The van der Waals surface area contributed by atoms with Crippen molar-refractivity contribution >= 4 is 22.9 Å². The average Bonchev–Trinajstić information content (AvgIpc) is 2.91. The van der Waals surface area contributed by atoms with E-state index in [4.69, 9.17) is 5.73 Å². The van der Waals surface area contributed by atoms with Crippen molar-refractivity contribution < 1.29 is 4.79 Å². The van der Waals surface area contributed by atoms with Gasteiger partial charge in [0.1, 0.15) is 0 Å². The average molecular weight is 274 g/mol. The number of primary amides is 1. The molecule has 1 aromatic heterocycles. The van der Waals surface area contributed by atoms with E-state index in [2.05, 4.69) is 29.8 Å². The summed E-state index contributed by atoms with van der Waals surface area (Å²) in [5.74, 6) is -0.389. The first-order chi connectivity index (χ1) is 9.11. The molecule has 2 rings (SSSR count). The Labute approximate surface area is 117 Å². The number of amides is 1. The van der Waals surface area contributed by atoms with Crippen molar-refractivity contribution in [3.05, 3.63) is 51.7 Å². The van der Waals surface area contributed by atoms with Gasteiger partial charge in [-0.1, -0.05) is 13.0 Å². The minimum absolute atomic E-state index is 0.304. The molecule has 1 aromatic carbocycles. The van der Waals surface area contributed by atoms with E-state index in [0.29, 0.717) is 11.6 Å². The quantitative estimate of drug-likeness (QED) is 0.873. The van der Waals surface area contributed by atoms with Gasteiger partial charge in [0.05, 0.1) is 6.04 Å². The Bertz CT molecular complexity index is 564. The summed E-state index contributed by atoms with van der Waals surface area (Å²) in [5, 5.41) is 5.61. The highest BCUT2D eigenvalue weighted by molar-refractivity contribution is 7.10. The van der Waals surface area contributed by atoms with Gasteiger partial charge in [-0.3, -0.25) is 4.79 Å². The summed E-state index contributed by atoms with van der Waals surface area (Å²) >= 11 is 1.75. The maximum absolute atomic E-state index is 11.1. The van der Waals surface area contributed by atoms with Gasteiger partial charge < -0.3 is 11.1 Å². The SMILES string of the molecule is CCC(Nc1ccc(C(N)=O)cc1C)c1cccs1. The summed E-state index contributed by atoms with van der Waals surface area (Å²) in [7, 11) is 0. The van der Waals surface area contributed by atoms with Crippen LogP contribution in [0, 0.1) is 6.92 Å². The lowest BCUT2D eigenvalue weighted by Gasteiger charge is -2.19. The molecule has 0 aliphatic carbocycles. The Kier molecular flexibility index (Phi) is 4.22. The number of benzene rings is 1. The molecule has 0 aliphatic rings. The second-order valence-corrected chi connectivity index (χ2v) is 5.49. The number of thiophene rings is 1. The van der Waals surface area contributed by atoms with Gasteiger partial charge in [0.2, 0.25) is 5.91 Å². The molecule has 3 N–H and O–H groups in total. The third-order valence-electron chi connectivity index (χ3n) is 3.14. The Hall–Kier alpha value is -1.81. The van der Waals surface area contributed by atoms with Gasteiger partial charge in [0.15, 0.2) is 0 Å². The minimum Gasteiger partial charge on any atom is -0.377 e. The number of aryl methyl sites for hydroxylation is 1. The first-order valence-electron chi connectivity index (χ1n) is 6.32. The molecule has 0 radical (unpaired) electrons. The normalized spacial score (nSPS) is 12.1. The van der Waals surface area contributed by atoms with Gasteiger partial charge in [0, 0.05) is 16.1 Å². The lowest BCUT2D eigenvalue weighted by atomic mass is 10.1. The third-order valence-corrected chi connectivity index (χ3v) is 4.12. The van der Waals surface area contributed by atoms with Crippen LogP contribution in [0.1, 0.15) is 40.2 Å². The summed E-state index contributed by atoms with van der Waals surface area (Å²) < 4.78 is 0. The van der Waals surface area contributed by atoms with E-state index in [-0.39, 0.29) is 5.91 Å². The van der Waals surface area contributed by atoms with E-state index < -0.39 is 0 Å². The van der Waals surface area contributed by atoms with Crippen LogP contribution >= 0.6 is 11.3 Å². The third kappa shape index (κ3) is 3.15. The minimum atomic E-state index is -0.389. The molecule has 1 atom stereocenters. The van der Waals surface area contributed by atoms with E-state index in [1.54, 1.807) is 17.4 Å². The Morgan fingerprint density at radius 2 is 2.21 bits per heavy atom. The summed E-state index contributed by atoms with van der Waals surface area (Å²) in [6.45, 7) is 4.14. The number of hydrogen-bond donors (Lipinski definition) is 2. The summed E-state index contributed by atoms with van der Waals surface area (Å²) in [5.41, 5.74) is 7.91. The number of nitrogens with one attached hydrogen (secondary N) is 1. The molecule has 1 heterocycles. The molecule has 0 saturated carbocycles. The highest BCUT2D eigenvalue weighted by atomic mass is 32.1. The topological polar surface area (TPSA) is 55.1 Å². The van der Waals surface area contributed by atoms with Crippen LogP contribution in [0.4, 0.5) is 5.69 Å². The van der Waals surface area contributed by atoms with Gasteiger partial charge in [-0.2, -0.15) is 0 Å². The van der Waals surface area contributed by atoms with Crippen LogP contribution in [-0.2, 0) is 0 Å². The van der Waals surface area contributed by atoms with Gasteiger partial charge in [-0.25, -0.2) is 0 Å². The van der Waals surface area contributed by atoms with Crippen LogP contribution in [-0.4, -0.2) is 5.91 Å². The van der Waals surface area contributed by atoms with Crippen LogP contribution < -0.4 is 11.1 Å². The molecular weight excluding hydrogens is 256 g/mol. The van der Waals surface area contributed by atoms with Crippen LogP contribution in [0.5, 0.6) is 0 Å². The molecule has 3 nitrogen and oxygen atoms in total. The number of anilines is 1. The largest absolute Gasteiger partial charge is 0.377 e. The zero-order chi connectivity index (χ0) is 13.8. The second kappa shape index (κ2) is 5.89. The zero-order valence-electron chi connectivity index (χ0n) is 11.1. The van der Waals surface area contributed by atoms with Crippen molar-refractivity contribution in [2.45, 2.75) is 26.3 Å². The van der Waals surface area contributed by atoms with Crippen molar-refractivity contribution in [3.8, 4) is 0 Å². The molecule has 0 spiro atoms. The molecule has 2 aromatic rings. The van der Waals surface area contributed by atoms with Gasteiger partial charge >= 0.3 is 0 Å². The predicted octanol–water partition coefficient (Wildman–Crippen LogP) is 3.72. The molecular formula is C15H18N2OS. The van der Waals surface area contributed by atoms with E-state index in [1.165, 1.54) is 4.88 Å². The van der Waals surface area contributed by atoms with Gasteiger partial charge in [-0.05, 0) is 48.6 Å². The van der Waals surface area contributed by atoms with Crippen molar-refractivity contribution in [3.63, 3.8) is 0 Å². The van der Waals surface area contributed by atoms with Crippen LogP contribution in [0.25, 0.3) is 0 Å². The second-order valence-electron chi connectivity index (χ2n) is 4.51. The van der Waals surface area contributed by atoms with Gasteiger partial charge in [-0.15, -0.1) is 11.3 Å². The molecule has 0 saturated heterocycles. The molecule has 1 unspecified atom stereocenters. The van der Waals surface area contributed by atoms with E-state index in [1.807, 2.05) is 19.1 Å². The molecule has 0 aliphatic heterocycles. The summed E-state index contributed by atoms with van der Waals surface area (Å²) in [6, 6.07) is 10.0. The standard InChI is InChI=1S/C15H18N2OS/c1-3-12(14-5-4-8-19-14)17-13-7-6-11(15(16)18)9-10(13)2/h4-9,12,17H,3H2,1-2H3,(H2,16,18). The van der Waals surface area contributed by atoms with Crippen LogP contribution in [0.3, 0.4) is 0 Å². The molecule has 4 heteroatoms. The number of nitrogens with two attached hydrogens (primary N) is 1. The summed E-state index contributed by atoms with van der Waals surface area (Å²) in [6.07, 6.45) is 1.01. The number of carbonyl (C=O) groups is 1. The Balaban J connectivity index is 2.21. The molecule has 0 bridgehead atoms. The van der Waals surface area contributed by atoms with Crippen molar-refractivity contribution in [1.82, 2.24) is 0 Å². The van der Waals surface area contributed by atoms with Crippen LogP contribution in [0.2, 0.25) is 0 Å². The fourth-order valence-electron chi connectivity index (χ4n) is 2.03. The molecule has 0 fully saturated rings. The number of rotatable bonds is 5. The highest BCUT2D eigenvalue weighted by Gasteiger charge is 2.12. The highest BCUT2D eigenvalue weighted by Crippen LogP contribution is 2.28. The maximum Gasteiger partial charge on any atom is 0.248 e. The number of hydrogen-bond acceptors (Lipinski definition) is 3. The fourth-order valence-corrected chi connectivity index (χ4v) is 2.89. The monoisotopic (exact) mass is 274 g/mol. The first-order valence-corrected chi connectivity index (χ1v) is 7.20. The van der Waals surface area contributed by atoms with E-state index >= 15 is 0 Å². The molecule has 100 valence electrons. The van der Waals surface area contributed by atoms with Crippen molar-refractivity contribution in [1.29, 1.82) is 0 Å². The maximum atomic E-state index is 11.1. The fraction of sp³-hybridized carbons (Fsp3) is 0.267. The number of carbonyl (C=O) groups excluding carboxylic acids is 1. The van der Waals surface area contributed by atoms with E-state index in [0.717, 1.165) is 17.7 Å². The summed E-state index contributed by atoms with van der Waals surface area (Å²) in [4.78, 5) is 12.5. The van der Waals surface area contributed by atoms with Crippen molar-refractivity contribution in [2.24, 2.45) is 5.73 Å². The predicted molar refractivity (Wildman–Crippen MR) is 80.7 cm³/mol. The lowest BCUT2D eigenvalue weighted by Crippen LogP contribution is -2.13. The van der Waals surface area contributed by atoms with Gasteiger partial charge in [0.25, 0.3) is 0 Å². The first kappa shape index (κ1) is 13.6. The smallest absolute Gasteiger partial charge is 0.248 e. The Morgan fingerprint density at radius 3 is 2.74 bits per heavy atom. The molecule has 19 heavy (non-hydrogen) atoms. The van der Waals surface area contributed by atoms with E-state index in [9.17, 15) is 4.79 Å². The zero-order valence-corrected chi connectivity index (χ0v) is 12.0. The molecule has 1 amide bonds. The van der Waals surface area contributed by atoms with Crippen LogP contribution in [0.15, 0.2) is 35.7 Å². The lowest BCUT2D eigenvalue weighted by molar-refractivity contribution is 0.1000.